The van der Waals surface area contributed by atoms with Gasteiger partial charge in [0.1, 0.15) is 5.69 Å². The average molecular weight is 364 g/mol. The van der Waals surface area contributed by atoms with Gasteiger partial charge in [-0.3, -0.25) is 19.6 Å². The zero-order chi connectivity index (χ0) is 18.2. The summed E-state index contributed by atoms with van der Waals surface area (Å²) in [7, 11) is -3.69. The SMILES string of the molecule is CCS(=O)(=O)Nc1nc2cc(-n3ccnc3)c([N+](=O)[O-])cc2[nH]c1=O. The Morgan fingerprint density at radius 3 is 2.76 bits per heavy atom. The van der Waals surface area contributed by atoms with Gasteiger partial charge >= 0.3 is 0 Å². The average Bonchev–Trinajstić information content (AvgIpc) is 3.08. The molecule has 3 rings (SSSR count). The third-order valence-corrected chi connectivity index (χ3v) is 4.66. The van der Waals surface area contributed by atoms with Gasteiger partial charge < -0.3 is 9.55 Å². The molecule has 12 heteroatoms. The molecule has 0 saturated heterocycles. The highest BCUT2D eigenvalue weighted by Gasteiger charge is 2.19. The molecule has 0 bridgehead atoms. The highest BCUT2D eigenvalue weighted by atomic mass is 32.2. The number of nitro groups is 1. The molecule has 25 heavy (non-hydrogen) atoms. The number of hydrogen-bond donors (Lipinski definition) is 2. The van der Waals surface area contributed by atoms with Crippen LogP contribution in [0.15, 0.2) is 35.6 Å². The monoisotopic (exact) mass is 364 g/mol. The summed E-state index contributed by atoms with van der Waals surface area (Å²) in [6, 6.07) is 2.53. The minimum atomic E-state index is -3.69. The van der Waals surface area contributed by atoms with Crippen LogP contribution in [-0.2, 0) is 10.0 Å². The van der Waals surface area contributed by atoms with Crippen molar-refractivity contribution in [1.29, 1.82) is 0 Å². The minimum Gasteiger partial charge on any atom is -0.317 e. The van der Waals surface area contributed by atoms with Crippen LogP contribution in [0.25, 0.3) is 16.7 Å². The quantitative estimate of drug-likeness (QED) is 0.501. The van der Waals surface area contributed by atoms with Gasteiger partial charge in [0.05, 0.1) is 28.0 Å². The molecule has 0 radical (unpaired) electrons. The van der Waals surface area contributed by atoms with Gasteiger partial charge in [-0.05, 0) is 13.0 Å². The van der Waals surface area contributed by atoms with E-state index in [1.165, 1.54) is 36.3 Å². The predicted molar refractivity (Wildman–Crippen MR) is 89.2 cm³/mol. The van der Waals surface area contributed by atoms with Crippen LogP contribution in [0.3, 0.4) is 0 Å². The smallest absolute Gasteiger partial charge is 0.295 e. The Morgan fingerprint density at radius 1 is 1.40 bits per heavy atom. The standard InChI is InChI=1S/C13H12N6O5S/c1-2-25(23,24)17-12-13(20)16-9-6-11(19(21)22)10(5-8(9)15-12)18-4-3-14-7-18/h3-7H,2H2,1H3,(H,15,17)(H,16,20). The molecule has 2 N–H and O–H groups in total. The van der Waals surface area contributed by atoms with Crippen molar-refractivity contribution < 1.29 is 13.3 Å². The van der Waals surface area contributed by atoms with Crippen molar-refractivity contribution in [1.82, 2.24) is 19.5 Å². The van der Waals surface area contributed by atoms with Crippen molar-refractivity contribution in [2.24, 2.45) is 0 Å². The van der Waals surface area contributed by atoms with E-state index in [4.69, 9.17) is 0 Å². The van der Waals surface area contributed by atoms with Crippen LogP contribution >= 0.6 is 0 Å². The van der Waals surface area contributed by atoms with Crippen LogP contribution in [0.2, 0.25) is 0 Å². The fourth-order valence-electron chi connectivity index (χ4n) is 2.15. The largest absolute Gasteiger partial charge is 0.317 e. The molecule has 11 nitrogen and oxygen atoms in total. The van der Waals surface area contributed by atoms with E-state index in [2.05, 4.69) is 19.7 Å². The van der Waals surface area contributed by atoms with Gasteiger partial charge in [-0.2, -0.15) is 0 Å². The number of H-pyrrole nitrogens is 1. The van der Waals surface area contributed by atoms with Crippen LogP contribution < -0.4 is 10.3 Å². The highest BCUT2D eigenvalue weighted by molar-refractivity contribution is 7.92. The van der Waals surface area contributed by atoms with E-state index < -0.39 is 26.3 Å². The van der Waals surface area contributed by atoms with Gasteiger partial charge in [0.2, 0.25) is 15.8 Å². The van der Waals surface area contributed by atoms with Gasteiger partial charge in [-0.15, -0.1) is 0 Å². The van der Waals surface area contributed by atoms with Crippen molar-refractivity contribution in [3.05, 3.63) is 51.3 Å². The van der Waals surface area contributed by atoms with E-state index in [-0.39, 0.29) is 28.2 Å². The molecular formula is C13H12N6O5S. The second kappa shape index (κ2) is 5.98. The molecule has 2 aromatic heterocycles. The molecule has 0 aliphatic rings. The normalized spacial score (nSPS) is 11.6. The van der Waals surface area contributed by atoms with Crippen molar-refractivity contribution in [2.75, 3.05) is 10.5 Å². The maximum absolute atomic E-state index is 12.0. The minimum absolute atomic E-state index is 0.111. The Morgan fingerprint density at radius 2 is 2.16 bits per heavy atom. The van der Waals surface area contributed by atoms with Crippen molar-refractivity contribution in [2.45, 2.75) is 6.92 Å². The molecule has 2 heterocycles. The summed E-state index contributed by atoms with van der Waals surface area (Å²) in [5, 5.41) is 11.3. The molecule has 1 aromatic carbocycles. The van der Waals surface area contributed by atoms with Gasteiger partial charge in [0.15, 0.2) is 0 Å². The Labute approximate surface area is 140 Å². The van der Waals surface area contributed by atoms with E-state index in [1.54, 1.807) is 0 Å². The first-order valence-electron chi connectivity index (χ1n) is 7.02. The molecule has 3 aromatic rings. The van der Waals surface area contributed by atoms with E-state index in [0.717, 1.165) is 6.07 Å². The third-order valence-electron chi connectivity index (χ3n) is 3.40. The molecule has 0 amide bonds. The highest BCUT2D eigenvalue weighted by Crippen LogP contribution is 2.27. The maximum Gasteiger partial charge on any atom is 0.295 e. The molecule has 0 fully saturated rings. The van der Waals surface area contributed by atoms with E-state index in [9.17, 15) is 23.3 Å². The van der Waals surface area contributed by atoms with Gasteiger partial charge in [-0.1, -0.05) is 0 Å². The summed E-state index contributed by atoms with van der Waals surface area (Å²) < 4.78 is 26.8. The lowest BCUT2D eigenvalue weighted by molar-refractivity contribution is -0.384. The maximum atomic E-state index is 12.0. The topological polar surface area (TPSA) is 153 Å². The number of hydrogen-bond acceptors (Lipinski definition) is 7. The number of nitro benzene ring substituents is 1. The molecule has 0 saturated carbocycles. The van der Waals surface area contributed by atoms with Crippen LogP contribution in [-0.4, -0.2) is 38.6 Å². The number of nitrogens with one attached hydrogen (secondary N) is 2. The first-order valence-corrected chi connectivity index (χ1v) is 8.67. The summed E-state index contributed by atoms with van der Waals surface area (Å²) >= 11 is 0. The molecule has 0 atom stereocenters. The predicted octanol–water partition coefficient (Wildman–Crippen LogP) is 0.779. The lowest BCUT2D eigenvalue weighted by Gasteiger charge is -2.08. The van der Waals surface area contributed by atoms with Gasteiger partial charge in [-0.25, -0.2) is 18.4 Å². The van der Waals surface area contributed by atoms with Crippen LogP contribution in [0, 0.1) is 10.1 Å². The number of aromatic amines is 1. The summed E-state index contributed by atoms with van der Waals surface area (Å²) in [6.07, 6.45) is 4.34. The first kappa shape index (κ1) is 16.6. The first-order chi connectivity index (χ1) is 11.8. The van der Waals surface area contributed by atoms with E-state index >= 15 is 0 Å². The number of nitrogens with zero attached hydrogens (tertiary/aromatic N) is 4. The molecule has 0 spiro atoms. The zero-order valence-corrected chi connectivity index (χ0v) is 13.6. The number of aromatic nitrogens is 4. The summed E-state index contributed by atoms with van der Waals surface area (Å²) in [5.41, 5.74) is -0.583. The Hall–Kier alpha value is -3.28. The Bertz CT molecular complexity index is 1120. The lowest BCUT2D eigenvalue weighted by Crippen LogP contribution is -2.23. The van der Waals surface area contributed by atoms with Crippen molar-refractivity contribution in [3.8, 4) is 5.69 Å². The summed E-state index contributed by atoms with van der Waals surface area (Å²) in [4.78, 5) is 32.9. The van der Waals surface area contributed by atoms with E-state index in [0.29, 0.717) is 0 Å². The zero-order valence-electron chi connectivity index (χ0n) is 12.8. The second-order valence-electron chi connectivity index (χ2n) is 5.01. The second-order valence-corrected chi connectivity index (χ2v) is 7.02. The Kier molecular flexibility index (Phi) is 3.96. The number of imidazole rings is 1. The number of sulfonamides is 1. The number of fused-ring (bicyclic) bond motifs is 1. The fourth-order valence-corrected chi connectivity index (χ4v) is 2.73. The lowest BCUT2D eigenvalue weighted by atomic mass is 10.2. The third kappa shape index (κ3) is 3.19. The fraction of sp³-hybridized carbons (Fsp3) is 0.154. The van der Waals surface area contributed by atoms with Crippen LogP contribution in [0.5, 0.6) is 0 Å². The van der Waals surface area contributed by atoms with Crippen molar-refractivity contribution >= 4 is 32.6 Å². The Balaban J connectivity index is 2.24. The van der Waals surface area contributed by atoms with Gasteiger partial charge in [0.25, 0.3) is 11.2 Å². The number of rotatable bonds is 5. The molecular weight excluding hydrogens is 352 g/mol. The van der Waals surface area contributed by atoms with E-state index in [1.807, 2.05) is 0 Å². The molecule has 0 unspecified atom stereocenters. The van der Waals surface area contributed by atoms with Crippen molar-refractivity contribution in [3.63, 3.8) is 0 Å². The molecule has 0 aliphatic heterocycles. The van der Waals surface area contributed by atoms with Gasteiger partial charge in [0, 0.05) is 18.5 Å². The molecule has 130 valence electrons. The van der Waals surface area contributed by atoms with Crippen LogP contribution in [0.1, 0.15) is 6.92 Å². The van der Waals surface area contributed by atoms with Crippen LogP contribution in [0.4, 0.5) is 11.5 Å². The summed E-state index contributed by atoms with van der Waals surface area (Å²) in [5.74, 6) is -0.632. The number of anilines is 1. The summed E-state index contributed by atoms with van der Waals surface area (Å²) in [6.45, 7) is 1.41. The molecule has 0 aliphatic carbocycles. The number of benzene rings is 1.